The summed E-state index contributed by atoms with van der Waals surface area (Å²) in [6.45, 7) is 6.06. The van der Waals surface area contributed by atoms with Crippen LogP contribution in [0.3, 0.4) is 0 Å². The fraction of sp³-hybridized carbons (Fsp3) is 0.583. The fourth-order valence-electron chi connectivity index (χ4n) is 1.40. The first-order valence-electron chi connectivity index (χ1n) is 5.46. The Morgan fingerprint density at radius 3 is 2.81 bits per heavy atom. The average Bonchev–Trinajstić information content (AvgIpc) is 2.62. The molecule has 1 atom stereocenters. The van der Waals surface area contributed by atoms with Crippen molar-refractivity contribution in [3.05, 3.63) is 18.1 Å². The molecule has 16 heavy (non-hydrogen) atoms. The van der Waals surface area contributed by atoms with Gasteiger partial charge in [0.2, 0.25) is 0 Å². The lowest BCUT2D eigenvalue weighted by molar-refractivity contribution is 0.521. The molecular weight excluding hydrogens is 220 g/mol. The van der Waals surface area contributed by atoms with Crippen molar-refractivity contribution in [2.45, 2.75) is 44.2 Å². The summed E-state index contributed by atoms with van der Waals surface area (Å²) >= 11 is 1.74. The summed E-state index contributed by atoms with van der Waals surface area (Å²) in [5.41, 5.74) is 0. The lowest BCUT2D eigenvalue weighted by atomic mass is 10.2. The Kier molecular flexibility index (Phi) is 5.44. The summed E-state index contributed by atoms with van der Waals surface area (Å²) in [7, 11) is 0. The van der Waals surface area contributed by atoms with Gasteiger partial charge in [-0.3, -0.25) is 5.32 Å². The summed E-state index contributed by atoms with van der Waals surface area (Å²) in [4.78, 5) is 1.17. The molecule has 4 heteroatoms. The Bertz CT molecular complexity index is 354. The number of hydrogen-bond acceptors (Lipinski definition) is 4. The van der Waals surface area contributed by atoms with Crippen molar-refractivity contribution in [3.8, 4) is 6.07 Å². The highest BCUT2D eigenvalue weighted by atomic mass is 32.2. The zero-order valence-corrected chi connectivity index (χ0v) is 10.8. The molecule has 0 amide bonds. The molecule has 1 N–H and O–H groups in total. The van der Waals surface area contributed by atoms with E-state index in [0.29, 0.717) is 6.04 Å². The maximum atomic E-state index is 8.95. The highest BCUT2D eigenvalue weighted by Gasteiger charge is 2.09. The van der Waals surface area contributed by atoms with E-state index in [1.807, 2.05) is 13.0 Å². The first-order chi connectivity index (χ1) is 7.63. The topological polar surface area (TPSA) is 49.0 Å². The standard InChI is InChI=1S/C12H18N2OS/c1-9(2)14-11(8-13)5-7-16-12-4-6-15-10(12)3/h4,6,9,11,14H,5,7H2,1-3H3. The number of nitrogens with zero attached hydrogens (tertiary/aromatic N) is 1. The van der Waals surface area contributed by atoms with Gasteiger partial charge in [0, 0.05) is 16.7 Å². The number of nitrogens with one attached hydrogen (secondary N) is 1. The van der Waals surface area contributed by atoms with Crippen LogP contribution in [0.15, 0.2) is 21.6 Å². The van der Waals surface area contributed by atoms with E-state index >= 15 is 0 Å². The molecular formula is C12H18N2OS. The van der Waals surface area contributed by atoms with Gasteiger partial charge < -0.3 is 4.42 Å². The third kappa shape index (κ3) is 4.30. The third-order valence-electron chi connectivity index (χ3n) is 2.17. The van der Waals surface area contributed by atoms with Crippen molar-refractivity contribution in [1.82, 2.24) is 5.32 Å². The van der Waals surface area contributed by atoms with Gasteiger partial charge in [0.1, 0.15) is 5.76 Å². The number of nitriles is 1. The minimum Gasteiger partial charge on any atom is -0.468 e. The number of hydrogen-bond donors (Lipinski definition) is 1. The molecule has 0 aromatic carbocycles. The van der Waals surface area contributed by atoms with E-state index in [9.17, 15) is 0 Å². The summed E-state index contributed by atoms with van der Waals surface area (Å²) < 4.78 is 5.21. The molecule has 0 aliphatic heterocycles. The van der Waals surface area contributed by atoms with Crippen LogP contribution in [0.2, 0.25) is 0 Å². The predicted molar refractivity (Wildman–Crippen MR) is 66.5 cm³/mol. The van der Waals surface area contributed by atoms with Crippen molar-refractivity contribution in [2.75, 3.05) is 5.75 Å². The molecule has 88 valence electrons. The largest absolute Gasteiger partial charge is 0.468 e. The van der Waals surface area contributed by atoms with E-state index < -0.39 is 0 Å². The highest BCUT2D eigenvalue weighted by molar-refractivity contribution is 7.99. The van der Waals surface area contributed by atoms with Gasteiger partial charge in [0.25, 0.3) is 0 Å². The van der Waals surface area contributed by atoms with Gasteiger partial charge in [-0.2, -0.15) is 5.26 Å². The molecule has 0 radical (unpaired) electrons. The number of rotatable bonds is 6. The molecule has 0 aliphatic rings. The number of thioether (sulfide) groups is 1. The maximum absolute atomic E-state index is 8.95. The second kappa shape index (κ2) is 6.62. The lowest BCUT2D eigenvalue weighted by Crippen LogP contribution is -2.33. The van der Waals surface area contributed by atoms with Crippen LogP contribution in [0.1, 0.15) is 26.0 Å². The zero-order chi connectivity index (χ0) is 12.0. The van der Waals surface area contributed by atoms with E-state index in [2.05, 4.69) is 25.2 Å². The van der Waals surface area contributed by atoms with Crippen molar-refractivity contribution in [2.24, 2.45) is 0 Å². The van der Waals surface area contributed by atoms with E-state index in [-0.39, 0.29) is 6.04 Å². The molecule has 0 saturated heterocycles. The molecule has 1 aromatic rings. The number of aryl methyl sites for hydroxylation is 1. The van der Waals surface area contributed by atoms with Gasteiger partial charge >= 0.3 is 0 Å². The predicted octanol–water partition coefficient (Wildman–Crippen LogP) is 2.96. The first-order valence-corrected chi connectivity index (χ1v) is 6.44. The Balaban J connectivity index is 2.29. The lowest BCUT2D eigenvalue weighted by Gasteiger charge is -2.13. The van der Waals surface area contributed by atoms with E-state index in [1.54, 1.807) is 18.0 Å². The van der Waals surface area contributed by atoms with Crippen LogP contribution in [0.25, 0.3) is 0 Å². The van der Waals surface area contributed by atoms with Crippen LogP contribution >= 0.6 is 11.8 Å². The van der Waals surface area contributed by atoms with Crippen molar-refractivity contribution in [3.63, 3.8) is 0 Å². The van der Waals surface area contributed by atoms with Gasteiger partial charge in [0.05, 0.1) is 18.4 Å². The highest BCUT2D eigenvalue weighted by Crippen LogP contribution is 2.23. The monoisotopic (exact) mass is 238 g/mol. The van der Waals surface area contributed by atoms with Crippen LogP contribution in [-0.2, 0) is 0 Å². The third-order valence-corrected chi connectivity index (χ3v) is 3.34. The summed E-state index contributed by atoms with van der Waals surface area (Å²) in [5, 5.41) is 12.2. The zero-order valence-electron chi connectivity index (χ0n) is 9.99. The molecule has 1 rings (SSSR count). The molecule has 0 bridgehead atoms. The average molecular weight is 238 g/mol. The Morgan fingerprint density at radius 1 is 1.56 bits per heavy atom. The SMILES string of the molecule is Cc1occc1SCCC(C#N)NC(C)C. The van der Waals surface area contributed by atoms with Crippen LogP contribution < -0.4 is 5.32 Å². The first kappa shape index (κ1) is 13.1. The maximum Gasteiger partial charge on any atom is 0.114 e. The Morgan fingerprint density at radius 2 is 2.31 bits per heavy atom. The molecule has 0 fully saturated rings. The van der Waals surface area contributed by atoms with Gasteiger partial charge in [-0.15, -0.1) is 11.8 Å². The van der Waals surface area contributed by atoms with Crippen molar-refractivity contribution >= 4 is 11.8 Å². The van der Waals surface area contributed by atoms with Gasteiger partial charge in [-0.25, -0.2) is 0 Å². The van der Waals surface area contributed by atoms with Crippen LogP contribution in [0.5, 0.6) is 0 Å². The van der Waals surface area contributed by atoms with Crippen LogP contribution in [-0.4, -0.2) is 17.8 Å². The van der Waals surface area contributed by atoms with Gasteiger partial charge in [0.15, 0.2) is 0 Å². The molecule has 0 spiro atoms. The Labute approximate surface area is 101 Å². The van der Waals surface area contributed by atoms with E-state index in [1.165, 1.54) is 4.90 Å². The second-order valence-corrected chi connectivity index (χ2v) is 5.12. The van der Waals surface area contributed by atoms with E-state index in [4.69, 9.17) is 9.68 Å². The minimum atomic E-state index is -0.0558. The van der Waals surface area contributed by atoms with Crippen molar-refractivity contribution in [1.29, 1.82) is 5.26 Å². The van der Waals surface area contributed by atoms with Crippen LogP contribution in [0.4, 0.5) is 0 Å². The van der Waals surface area contributed by atoms with Crippen molar-refractivity contribution < 1.29 is 4.42 Å². The second-order valence-electron chi connectivity index (χ2n) is 3.98. The number of furan rings is 1. The Hall–Kier alpha value is -0.920. The molecule has 0 aliphatic carbocycles. The molecule has 1 aromatic heterocycles. The fourth-order valence-corrected chi connectivity index (χ4v) is 2.37. The van der Waals surface area contributed by atoms with Gasteiger partial charge in [-0.05, 0) is 33.3 Å². The smallest absolute Gasteiger partial charge is 0.114 e. The van der Waals surface area contributed by atoms with Gasteiger partial charge in [-0.1, -0.05) is 0 Å². The molecule has 1 unspecified atom stereocenters. The molecule has 0 saturated carbocycles. The van der Waals surface area contributed by atoms with E-state index in [0.717, 1.165) is 17.9 Å². The quantitative estimate of drug-likeness (QED) is 0.774. The minimum absolute atomic E-state index is 0.0558. The molecule has 1 heterocycles. The summed E-state index contributed by atoms with van der Waals surface area (Å²) in [5.74, 6) is 1.88. The summed E-state index contributed by atoms with van der Waals surface area (Å²) in [6.07, 6.45) is 2.55. The molecule has 3 nitrogen and oxygen atoms in total. The van der Waals surface area contributed by atoms with Crippen LogP contribution in [0, 0.1) is 18.3 Å². The summed E-state index contributed by atoms with van der Waals surface area (Å²) in [6, 6.07) is 4.55. The normalized spacial score (nSPS) is 12.7.